The molecule has 0 saturated carbocycles. The number of aliphatic hydroxyl groups excluding tert-OH is 1. The Bertz CT molecular complexity index is 2740. The fourth-order valence-electron chi connectivity index (χ4n) is 8.74. The van der Waals surface area contributed by atoms with E-state index in [4.69, 9.17) is 44.2 Å². The number of aromatic nitrogens is 2. The van der Waals surface area contributed by atoms with Crippen LogP contribution in [0.15, 0.2) is 46.8 Å². The van der Waals surface area contributed by atoms with E-state index in [-0.39, 0.29) is 88.7 Å². The van der Waals surface area contributed by atoms with E-state index in [0.29, 0.717) is 36.3 Å². The van der Waals surface area contributed by atoms with Gasteiger partial charge in [-0.3, -0.25) is 57.7 Å². The predicted molar refractivity (Wildman–Crippen MR) is 340 cm³/mol. The first-order chi connectivity index (χ1) is 42.9. The Kier molecular flexibility index (Phi) is 36.4. The summed E-state index contributed by atoms with van der Waals surface area (Å²) in [6, 6.07) is -7.66. The van der Waals surface area contributed by atoms with Crippen molar-refractivity contribution >= 4 is 84.7 Å². The van der Waals surface area contributed by atoms with Gasteiger partial charge in [-0.2, -0.15) is 11.8 Å². The number of aliphatic hydroxyl groups is 1. The highest BCUT2D eigenvalue weighted by Gasteiger charge is 2.37. The fraction of sp³-hybridized carbons (Fsp3) is 0.636. The van der Waals surface area contributed by atoms with Crippen LogP contribution in [0.2, 0.25) is 0 Å². The van der Waals surface area contributed by atoms with Gasteiger partial charge in [0.1, 0.15) is 54.1 Å². The number of H-pyrrole nitrogens is 1. The Labute approximate surface area is 533 Å². The summed E-state index contributed by atoms with van der Waals surface area (Å²) >= 11 is 1.36. The molecule has 512 valence electrons. The zero-order valence-electron chi connectivity index (χ0n) is 52.4. The van der Waals surface area contributed by atoms with Crippen LogP contribution in [0.1, 0.15) is 104 Å². The van der Waals surface area contributed by atoms with Crippen LogP contribution in [0, 0.1) is 11.8 Å². The number of phosphoric acid groups is 1. The molecule has 0 aliphatic carbocycles. The number of benzene rings is 1. The molecule has 0 bridgehead atoms. The van der Waals surface area contributed by atoms with Crippen LogP contribution < -0.4 is 82.3 Å². The van der Waals surface area contributed by atoms with Crippen molar-refractivity contribution in [2.45, 2.75) is 166 Å². The minimum Gasteiger partial charge on any atom is -0.508 e. The SMILES string of the molecule is CCC(C)[C@H](NC(=O)[C@@H](N)CCCN=C(N)N)C(=O)N[C@@H](Cc1cnc[nH]1)C(=O)N[C@@H](CCSC)C(=O)NC(C(=O)N[C@@H](Cc1ccc(O)cc1)C(=O)N[C@@H](CO)C(=O)N[C@@H](CCCCN)C(=O)N[C@@H](CCCN=C(N)N)C(=O)N[C@H](C)COP(=O)(O)O)C(C)C. The third kappa shape index (κ3) is 31.3. The van der Waals surface area contributed by atoms with Crippen molar-refractivity contribution in [3.05, 3.63) is 48.0 Å². The normalized spacial score (nSPS) is 15.0. The van der Waals surface area contributed by atoms with Crippen LogP contribution in [0.4, 0.5) is 0 Å². The summed E-state index contributed by atoms with van der Waals surface area (Å²) in [5.41, 5.74) is 34.4. The number of rotatable bonds is 44. The molecule has 2 aromatic rings. The van der Waals surface area contributed by atoms with Crippen molar-refractivity contribution in [2.24, 2.45) is 56.2 Å². The first-order valence-electron chi connectivity index (χ1n) is 29.8. The number of phenolic OH excluding ortho intramolecular Hbond substituents is 1. The van der Waals surface area contributed by atoms with Crippen LogP contribution >= 0.6 is 19.6 Å². The van der Waals surface area contributed by atoms with Gasteiger partial charge in [-0.25, -0.2) is 9.55 Å². The largest absolute Gasteiger partial charge is 0.508 e. The molecule has 0 saturated heterocycles. The molecule has 2 rings (SSSR count). The molecule has 0 radical (unpaired) electrons. The number of aromatic hydroxyl groups is 1. The molecule has 0 fully saturated rings. The number of thioether (sulfide) groups is 1. The molecular formula is C55H96N19O15PS. The van der Waals surface area contributed by atoms with Crippen molar-refractivity contribution in [3.8, 4) is 5.75 Å². The van der Waals surface area contributed by atoms with Crippen molar-refractivity contribution in [1.29, 1.82) is 0 Å². The number of phenols is 1. The molecule has 1 aromatic carbocycles. The molecule has 0 aliphatic heterocycles. The number of nitrogens with one attached hydrogen (secondary N) is 10. The number of hydrogen-bond acceptors (Lipinski definition) is 19. The molecule has 34 nitrogen and oxygen atoms in total. The van der Waals surface area contributed by atoms with Crippen molar-refractivity contribution in [1.82, 2.24) is 57.8 Å². The predicted octanol–water partition coefficient (Wildman–Crippen LogP) is -4.60. The second-order valence-corrected chi connectivity index (χ2v) is 24.3. The van der Waals surface area contributed by atoms with E-state index in [1.807, 2.05) is 6.92 Å². The van der Waals surface area contributed by atoms with Gasteiger partial charge in [-0.15, -0.1) is 0 Å². The third-order valence-corrected chi connectivity index (χ3v) is 15.2. The van der Waals surface area contributed by atoms with Crippen LogP contribution in [0.25, 0.3) is 0 Å². The Morgan fingerprint density at radius 2 is 1.10 bits per heavy atom. The lowest BCUT2D eigenvalue weighted by Crippen LogP contribution is -2.62. The van der Waals surface area contributed by atoms with E-state index in [1.165, 1.54) is 55.5 Å². The average molecular weight is 1330 g/mol. The standard InChI is InChI=1S/C55H96N19O15PS/c1-7-31(4)44(74-45(77)36(57)12-10-21-63-54(58)59)53(85)71-41(25-34-26-62-29-65-34)50(82)69-39(19-23-91-6)48(80)73-43(30(2)3)52(84)70-40(24-33-15-17-35(76)18-16-33)49(81)72-42(27-75)51(83)68-37(13-8-9-20-56)47(79)67-38(14-11-22-64-55(60)61)46(78)66-32(5)28-89-90(86,87)88/h15-18,26,29-32,36-44,75-76H,7-14,19-25,27-28,56-57H2,1-6H3,(H,62,65)(H,66,78)(H,67,79)(H,68,83)(H,69,82)(H,70,84)(H,71,85)(H,72,81)(H,73,80)(H,74,77)(H4,58,59,63)(H4,60,61,64)(H2,86,87,88)/t31?,32-,36+,37+,38+,39+,40+,41+,42+,43?,44+/m1/s1. The highest BCUT2D eigenvalue weighted by Crippen LogP contribution is 2.35. The summed E-state index contributed by atoms with van der Waals surface area (Å²) in [7, 11) is -4.90. The smallest absolute Gasteiger partial charge is 0.469 e. The Hall–Kier alpha value is -7.66. The molecule has 26 N–H and O–H groups in total. The Balaban J connectivity index is 2.46. The van der Waals surface area contributed by atoms with Crippen LogP contribution in [-0.2, 0) is 65.1 Å². The van der Waals surface area contributed by atoms with Gasteiger partial charge in [0.25, 0.3) is 0 Å². The number of guanidine groups is 2. The number of imidazole rings is 1. The second-order valence-electron chi connectivity index (χ2n) is 22.1. The Morgan fingerprint density at radius 3 is 1.60 bits per heavy atom. The summed E-state index contributed by atoms with van der Waals surface area (Å²) in [6.07, 6.45) is 5.91. The Morgan fingerprint density at radius 1 is 0.626 bits per heavy atom. The lowest BCUT2D eigenvalue weighted by Gasteiger charge is -2.29. The van der Waals surface area contributed by atoms with E-state index in [1.54, 1.807) is 27.0 Å². The van der Waals surface area contributed by atoms with Crippen molar-refractivity contribution in [2.75, 3.05) is 44.9 Å². The highest BCUT2D eigenvalue weighted by atomic mass is 32.2. The van der Waals surface area contributed by atoms with Gasteiger partial charge in [0.2, 0.25) is 53.2 Å². The number of nitrogens with two attached hydrogens (primary N) is 6. The number of carbonyl (C=O) groups is 9. The maximum absolute atomic E-state index is 14.5. The van der Waals surface area contributed by atoms with Crippen LogP contribution in [-0.4, -0.2) is 200 Å². The molecular weight excluding hydrogens is 1230 g/mol. The number of unbranched alkanes of at least 4 members (excludes halogenated alkanes) is 1. The average Bonchev–Trinajstić information content (AvgIpc) is 4.17. The van der Waals surface area contributed by atoms with E-state index in [2.05, 4.69) is 72.3 Å². The molecule has 1 heterocycles. The van der Waals surface area contributed by atoms with Gasteiger partial charge >= 0.3 is 7.82 Å². The quantitative estimate of drug-likeness (QED) is 0.0128. The molecule has 0 spiro atoms. The van der Waals surface area contributed by atoms with Crippen LogP contribution in [0.3, 0.4) is 0 Å². The minimum absolute atomic E-state index is 0.0320. The lowest BCUT2D eigenvalue weighted by atomic mass is 9.96. The van der Waals surface area contributed by atoms with E-state index in [9.17, 15) is 57.9 Å². The molecule has 2 unspecified atom stereocenters. The maximum atomic E-state index is 14.5. The van der Waals surface area contributed by atoms with Gasteiger partial charge in [0.05, 0.1) is 31.6 Å². The molecule has 36 heteroatoms. The van der Waals surface area contributed by atoms with Gasteiger partial charge < -0.3 is 107 Å². The van der Waals surface area contributed by atoms with Gasteiger partial charge in [0, 0.05) is 37.8 Å². The number of nitrogens with zero attached hydrogens (tertiary/aromatic N) is 3. The van der Waals surface area contributed by atoms with Crippen molar-refractivity contribution < 1.29 is 72.2 Å². The maximum Gasteiger partial charge on any atom is 0.469 e. The molecule has 0 aliphatic rings. The number of phosphoric ester groups is 1. The fourth-order valence-corrected chi connectivity index (χ4v) is 9.63. The van der Waals surface area contributed by atoms with Gasteiger partial charge in [-0.05, 0) is 106 Å². The molecule has 1 aromatic heterocycles. The summed E-state index contributed by atoms with van der Waals surface area (Å²) in [4.78, 5) is 160. The number of amides is 9. The minimum atomic E-state index is -4.90. The molecule has 91 heavy (non-hydrogen) atoms. The zero-order chi connectivity index (χ0) is 68.4. The zero-order valence-corrected chi connectivity index (χ0v) is 54.1. The summed E-state index contributed by atoms with van der Waals surface area (Å²) in [6.45, 7) is 6.99. The second kappa shape index (κ2) is 41.7. The number of hydrogen-bond donors (Lipinski definition) is 20. The van der Waals surface area contributed by atoms with Gasteiger partial charge in [-0.1, -0.05) is 46.2 Å². The van der Waals surface area contributed by atoms with E-state index in [0.717, 1.165) is 0 Å². The number of aromatic amines is 1. The number of aliphatic imine (C=N–C) groups is 2. The molecule has 9 amide bonds. The lowest BCUT2D eigenvalue weighted by molar-refractivity contribution is -0.136. The highest BCUT2D eigenvalue weighted by molar-refractivity contribution is 7.98. The first kappa shape index (κ1) is 79.4. The summed E-state index contributed by atoms with van der Waals surface area (Å²) in [5, 5.41) is 44.2. The topological polar surface area (TPSA) is 579 Å². The summed E-state index contributed by atoms with van der Waals surface area (Å²) < 4.78 is 15.8. The number of carbonyl (C=O) groups excluding carboxylic acids is 9. The van der Waals surface area contributed by atoms with Crippen LogP contribution in [0.5, 0.6) is 5.75 Å². The van der Waals surface area contributed by atoms with Gasteiger partial charge in [0.15, 0.2) is 11.9 Å². The van der Waals surface area contributed by atoms with E-state index < -0.39 is 146 Å². The first-order valence-corrected chi connectivity index (χ1v) is 32.7. The monoisotopic (exact) mass is 1330 g/mol. The van der Waals surface area contributed by atoms with Crippen molar-refractivity contribution in [3.63, 3.8) is 0 Å². The third-order valence-electron chi connectivity index (χ3n) is 14.1. The summed E-state index contributed by atoms with van der Waals surface area (Å²) in [5.74, 6) is -8.88. The van der Waals surface area contributed by atoms with E-state index >= 15 is 0 Å². The molecule has 11 atom stereocenters.